The number of nitrogens with one attached hydrogen (secondary N) is 2. The molecule has 1 aromatic rings. The molecule has 0 saturated carbocycles. The molecule has 0 spiro atoms. The highest BCUT2D eigenvalue weighted by Crippen LogP contribution is 2.14. The van der Waals surface area contributed by atoms with Gasteiger partial charge in [-0.15, -0.1) is 0 Å². The largest absolute Gasteiger partial charge is 0.351 e. The summed E-state index contributed by atoms with van der Waals surface area (Å²) in [6.45, 7) is 2.91. The van der Waals surface area contributed by atoms with Gasteiger partial charge in [-0.1, -0.05) is 29.8 Å². The molecule has 2 rings (SSSR count). The van der Waals surface area contributed by atoms with Crippen molar-refractivity contribution in [2.24, 2.45) is 0 Å². The molecule has 2 N–H and O–H groups in total. The zero-order valence-electron chi connectivity index (χ0n) is 11.9. The molecule has 1 saturated heterocycles. The fourth-order valence-corrected chi connectivity index (χ4v) is 2.69. The van der Waals surface area contributed by atoms with E-state index in [4.69, 9.17) is 11.6 Å². The van der Waals surface area contributed by atoms with E-state index in [9.17, 15) is 4.79 Å². The van der Waals surface area contributed by atoms with Crippen LogP contribution in [0.3, 0.4) is 0 Å². The molecule has 20 heavy (non-hydrogen) atoms. The average molecular weight is 296 g/mol. The smallest absolute Gasteiger partial charge is 0.234 e. The maximum absolute atomic E-state index is 11.9. The van der Waals surface area contributed by atoms with Crippen molar-refractivity contribution in [2.45, 2.75) is 25.4 Å². The van der Waals surface area contributed by atoms with Gasteiger partial charge in [0, 0.05) is 24.2 Å². The third-order valence-corrected chi connectivity index (χ3v) is 3.91. The van der Waals surface area contributed by atoms with Gasteiger partial charge in [0.15, 0.2) is 0 Å². The van der Waals surface area contributed by atoms with E-state index in [0.29, 0.717) is 24.2 Å². The minimum absolute atomic E-state index is 0.0328. The highest BCUT2D eigenvalue weighted by molar-refractivity contribution is 6.31. The summed E-state index contributed by atoms with van der Waals surface area (Å²) >= 11 is 6.06. The molecular weight excluding hydrogens is 274 g/mol. The molecule has 110 valence electrons. The van der Waals surface area contributed by atoms with Crippen LogP contribution in [0.2, 0.25) is 5.02 Å². The Morgan fingerprint density at radius 3 is 3.00 bits per heavy atom. The number of rotatable bonds is 6. The fourth-order valence-electron chi connectivity index (χ4n) is 2.49. The minimum Gasteiger partial charge on any atom is -0.351 e. The Kier molecular flexibility index (Phi) is 5.83. The molecule has 1 unspecified atom stereocenters. The third-order valence-electron chi connectivity index (χ3n) is 3.54. The average Bonchev–Trinajstić information content (AvgIpc) is 2.90. The standard InChI is InChI=1S/C15H22ClN3O/c1-19(10-13-6-4-8-17-13)11-15(20)18-9-12-5-2-3-7-14(12)16/h2-3,5,7,13,17H,4,6,8-11H2,1H3,(H,18,20). The normalized spacial score (nSPS) is 18.4. The number of carbonyl (C=O) groups is 1. The lowest BCUT2D eigenvalue weighted by atomic mass is 10.2. The van der Waals surface area contributed by atoms with Gasteiger partial charge in [0.25, 0.3) is 0 Å². The molecule has 0 aliphatic carbocycles. The van der Waals surface area contributed by atoms with Gasteiger partial charge < -0.3 is 10.6 Å². The second-order valence-corrected chi connectivity index (χ2v) is 5.77. The second-order valence-electron chi connectivity index (χ2n) is 5.36. The first-order valence-corrected chi connectivity index (χ1v) is 7.45. The van der Waals surface area contributed by atoms with Crippen LogP contribution >= 0.6 is 11.6 Å². The number of carbonyl (C=O) groups excluding carboxylic acids is 1. The number of nitrogens with zero attached hydrogens (tertiary/aromatic N) is 1. The third kappa shape index (κ3) is 4.78. The van der Waals surface area contributed by atoms with E-state index >= 15 is 0 Å². The Morgan fingerprint density at radius 2 is 2.30 bits per heavy atom. The molecule has 1 atom stereocenters. The summed E-state index contributed by atoms with van der Waals surface area (Å²) in [7, 11) is 1.98. The summed E-state index contributed by atoms with van der Waals surface area (Å²) in [6.07, 6.45) is 2.43. The number of hydrogen-bond acceptors (Lipinski definition) is 3. The molecule has 1 heterocycles. The van der Waals surface area contributed by atoms with Crippen LogP contribution in [0.15, 0.2) is 24.3 Å². The Hall–Kier alpha value is -1.10. The Morgan fingerprint density at radius 1 is 1.50 bits per heavy atom. The van der Waals surface area contributed by atoms with E-state index in [-0.39, 0.29) is 5.91 Å². The van der Waals surface area contributed by atoms with Crippen LogP contribution in [0.25, 0.3) is 0 Å². The first-order chi connectivity index (χ1) is 9.65. The molecule has 1 aromatic carbocycles. The lowest BCUT2D eigenvalue weighted by molar-refractivity contribution is -0.122. The SMILES string of the molecule is CN(CC(=O)NCc1ccccc1Cl)CC1CCCN1. The number of halogens is 1. The molecule has 1 aliphatic heterocycles. The van der Waals surface area contributed by atoms with Crippen LogP contribution in [-0.2, 0) is 11.3 Å². The molecular formula is C15H22ClN3O. The van der Waals surface area contributed by atoms with Crippen LogP contribution in [0.4, 0.5) is 0 Å². The van der Waals surface area contributed by atoms with Gasteiger partial charge in [-0.2, -0.15) is 0 Å². The van der Waals surface area contributed by atoms with Crippen LogP contribution in [-0.4, -0.2) is 43.5 Å². The zero-order chi connectivity index (χ0) is 14.4. The van der Waals surface area contributed by atoms with Crippen molar-refractivity contribution in [2.75, 3.05) is 26.7 Å². The summed E-state index contributed by atoms with van der Waals surface area (Å²) in [5.74, 6) is 0.0328. The number of likely N-dealkylation sites (N-methyl/N-ethyl adjacent to an activating group) is 1. The van der Waals surface area contributed by atoms with Crippen molar-refractivity contribution in [1.82, 2.24) is 15.5 Å². The lowest BCUT2D eigenvalue weighted by Gasteiger charge is -2.20. The number of hydrogen-bond donors (Lipinski definition) is 2. The van der Waals surface area contributed by atoms with Crippen molar-refractivity contribution in [3.05, 3.63) is 34.9 Å². The predicted octanol–water partition coefficient (Wildman–Crippen LogP) is 1.64. The van der Waals surface area contributed by atoms with E-state index < -0.39 is 0 Å². The molecule has 1 fully saturated rings. The first-order valence-electron chi connectivity index (χ1n) is 7.07. The van der Waals surface area contributed by atoms with Crippen molar-refractivity contribution in [3.8, 4) is 0 Å². The quantitative estimate of drug-likeness (QED) is 0.839. The zero-order valence-corrected chi connectivity index (χ0v) is 12.6. The van der Waals surface area contributed by atoms with E-state index in [2.05, 4.69) is 15.5 Å². The van der Waals surface area contributed by atoms with E-state index in [0.717, 1.165) is 18.7 Å². The lowest BCUT2D eigenvalue weighted by Crippen LogP contribution is -2.41. The Balaban J connectivity index is 1.70. The Bertz CT molecular complexity index is 446. The summed E-state index contributed by atoms with van der Waals surface area (Å²) in [5, 5.41) is 7.04. The van der Waals surface area contributed by atoms with Gasteiger partial charge >= 0.3 is 0 Å². The maximum atomic E-state index is 11.9. The maximum Gasteiger partial charge on any atom is 0.234 e. The molecule has 4 nitrogen and oxygen atoms in total. The van der Waals surface area contributed by atoms with E-state index in [1.807, 2.05) is 31.3 Å². The van der Waals surface area contributed by atoms with E-state index in [1.54, 1.807) is 0 Å². The number of benzene rings is 1. The van der Waals surface area contributed by atoms with Crippen molar-refractivity contribution in [1.29, 1.82) is 0 Å². The number of amides is 1. The first kappa shape index (κ1) is 15.3. The monoisotopic (exact) mass is 295 g/mol. The molecule has 1 aliphatic rings. The second kappa shape index (κ2) is 7.62. The van der Waals surface area contributed by atoms with Gasteiger partial charge in [-0.3, -0.25) is 9.69 Å². The highest BCUT2D eigenvalue weighted by Gasteiger charge is 2.17. The summed E-state index contributed by atoms with van der Waals surface area (Å²) in [5.41, 5.74) is 0.947. The van der Waals surface area contributed by atoms with Crippen molar-refractivity contribution in [3.63, 3.8) is 0 Å². The Labute approximate surface area is 125 Å². The van der Waals surface area contributed by atoms with Gasteiger partial charge in [0.05, 0.1) is 6.54 Å². The molecule has 5 heteroatoms. The van der Waals surface area contributed by atoms with Crippen molar-refractivity contribution < 1.29 is 4.79 Å². The summed E-state index contributed by atoms with van der Waals surface area (Å²) in [4.78, 5) is 14.0. The predicted molar refractivity (Wildman–Crippen MR) is 81.8 cm³/mol. The highest BCUT2D eigenvalue weighted by atomic mass is 35.5. The van der Waals surface area contributed by atoms with Gasteiger partial charge in [-0.25, -0.2) is 0 Å². The van der Waals surface area contributed by atoms with Gasteiger partial charge in [0.2, 0.25) is 5.91 Å². The van der Waals surface area contributed by atoms with Crippen LogP contribution in [0.1, 0.15) is 18.4 Å². The fraction of sp³-hybridized carbons (Fsp3) is 0.533. The van der Waals surface area contributed by atoms with Crippen LogP contribution < -0.4 is 10.6 Å². The van der Waals surface area contributed by atoms with Crippen LogP contribution in [0, 0.1) is 0 Å². The van der Waals surface area contributed by atoms with Gasteiger partial charge in [-0.05, 0) is 38.1 Å². The molecule has 1 amide bonds. The molecule has 0 radical (unpaired) electrons. The topological polar surface area (TPSA) is 44.4 Å². The molecule has 0 aromatic heterocycles. The molecule has 0 bridgehead atoms. The van der Waals surface area contributed by atoms with Gasteiger partial charge in [0.1, 0.15) is 0 Å². The minimum atomic E-state index is 0.0328. The van der Waals surface area contributed by atoms with E-state index in [1.165, 1.54) is 12.8 Å². The summed E-state index contributed by atoms with van der Waals surface area (Å²) in [6, 6.07) is 8.09. The van der Waals surface area contributed by atoms with Crippen LogP contribution in [0.5, 0.6) is 0 Å². The summed E-state index contributed by atoms with van der Waals surface area (Å²) < 4.78 is 0. The van der Waals surface area contributed by atoms with Crippen molar-refractivity contribution >= 4 is 17.5 Å².